The molecule has 0 aliphatic carbocycles. The van der Waals surface area contributed by atoms with Gasteiger partial charge in [-0.15, -0.1) is 0 Å². The lowest BCUT2D eigenvalue weighted by Crippen LogP contribution is -3.14. The predicted molar refractivity (Wildman–Crippen MR) is 115 cm³/mol. The van der Waals surface area contributed by atoms with Gasteiger partial charge in [0.05, 0.1) is 18.2 Å². The minimum Gasteiger partial charge on any atom is -0.872 e. The standard InChI is InChI=1S/C25H26N2O3/c1-16-7-5-6-12-27(16)15-20-22(28)11-10-19-24(29)23(30-25(19)20)13-17-14-26(2)21-9-4-3-8-18(17)21/h3-4,8-11,13-14,16,28H,5-7,12,15H2,1-2H3. The first-order chi connectivity index (χ1) is 14.5. The first kappa shape index (κ1) is 18.9. The number of ether oxygens (including phenoxy) is 1. The summed E-state index contributed by atoms with van der Waals surface area (Å²) in [4.78, 5) is 14.5. The number of hydrogen-bond acceptors (Lipinski definition) is 3. The van der Waals surface area contributed by atoms with E-state index in [0.29, 0.717) is 29.5 Å². The number of benzene rings is 2. The zero-order valence-corrected chi connectivity index (χ0v) is 17.4. The highest BCUT2D eigenvalue weighted by Crippen LogP contribution is 2.39. The number of para-hydroxylation sites is 1. The molecular weight excluding hydrogens is 376 g/mol. The first-order valence-electron chi connectivity index (χ1n) is 10.7. The van der Waals surface area contributed by atoms with E-state index in [9.17, 15) is 9.90 Å². The van der Waals surface area contributed by atoms with Crippen molar-refractivity contribution in [3.05, 3.63) is 65.0 Å². The average molecular weight is 402 g/mol. The number of rotatable bonds is 3. The minimum atomic E-state index is -0.152. The summed E-state index contributed by atoms with van der Waals surface area (Å²) in [6.07, 6.45) is 7.39. The van der Waals surface area contributed by atoms with Crippen LogP contribution in [0, 0.1) is 0 Å². The molecule has 5 rings (SSSR count). The van der Waals surface area contributed by atoms with E-state index < -0.39 is 0 Å². The molecule has 0 spiro atoms. The Labute approximate surface area is 176 Å². The SMILES string of the molecule is CC1CCCC[NH+]1Cc1c([O-])ccc2c1OC(=Cc1cn(C)c3ccccc13)C2=O. The van der Waals surface area contributed by atoms with Gasteiger partial charge in [0.25, 0.3) is 0 Å². The van der Waals surface area contributed by atoms with Crippen LogP contribution in [-0.2, 0) is 13.6 Å². The molecule has 0 saturated carbocycles. The topological polar surface area (TPSA) is 58.7 Å². The summed E-state index contributed by atoms with van der Waals surface area (Å²) in [5.41, 5.74) is 3.16. The van der Waals surface area contributed by atoms with E-state index in [0.717, 1.165) is 23.0 Å². The van der Waals surface area contributed by atoms with Crippen LogP contribution in [0.1, 0.15) is 47.7 Å². The van der Waals surface area contributed by atoms with Gasteiger partial charge >= 0.3 is 0 Å². The molecule has 2 atom stereocenters. The number of likely N-dealkylation sites (tertiary alicyclic amines) is 1. The molecule has 1 aromatic heterocycles. The molecule has 154 valence electrons. The Morgan fingerprint density at radius 1 is 1.23 bits per heavy atom. The predicted octanol–water partition coefficient (Wildman–Crippen LogP) is 2.83. The Morgan fingerprint density at radius 3 is 2.90 bits per heavy atom. The summed E-state index contributed by atoms with van der Waals surface area (Å²) in [5, 5.41) is 13.7. The van der Waals surface area contributed by atoms with Crippen molar-refractivity contribution in [2.45, 2.75) is 38.8 Å². The summed E-state index contributed by atoms with van der Waals surface area (Å²) >= 11 is 0. The van der Waals surface area contributed by atoms with Crippen molar-refractivity contribution in [3.63, 3.8) is 0 Å². The van der Waals surface area contributed by atoms with E-state index in [-0.39, 0.29) is 17.3 Å². The van der Waals surface area contributed by atoms with Crippen molar-refractivity contribution in [1.82, 2.24) is 4.57 Å². The summed E-state index contributed by atoms with van der Waals surface area (Å²) < 4.78 is 8.10. The number of nitrogens with one attached hydrogen (secondary N) is 1. The molecule has 5 nitrogen and oxygen atoms in total. The maximum absolute atomic E-state index is 13.1. The van der Waals surface area contributed by atoms with Crippen LogP contribution >= 0.6 is 0 Å². The van der Waals surface area contributed by atoms with Crippen LogP contribution in [0.4, 0.5) is 0 Å². The molecule has 0 amide bonds. The third-order valence-electron chi connectivity index (χ3n) is 6.60. The number of carbonyl (C=O) groups is 1. The zero-order chi connectivity index (χ0) is 20.8. The van der Waals surface area contributed by atoms with Gasteiger partial charge in [0.1, 0.15) is 12.3 Å². The van der Waals surface area contributed by atoms with Gasteiger partial charge in [0.15, 0.2) is 5.76 Å². The van der Waals surface area contributed by atoms with E-state index in [1.807, 2.05) is 42.1 Å². The summed E-state index contributed by atoms with van der Waals surface area (Å²) in [5.74, 6) is 0.554. The molecule has 2 aromatic carbocycles. The Hall–Kier alpha value is -3.05. The maximum atomic E-state index is 13.1. The molecule has 3 heterocycles. The molecule has 1 N–H and O–H groups in total. The lowest BCUT2D eigenvalue weighted by molar-refractivity contribution is -0.942. The number of quaternary nitrogens is 1. The molecule has 2 aliphatic rings. The quantitative estimate of drug-likeness (QED) is 0.686. The van der Waals surface area contributed by atoms with Gasteiger partial charge in [0, 0.05) is 35.3 Å². The number of Topliss-reactive ketones (excluding diaryl/α,β-unsaturated/α-hetero) is 1. The van der Waals surface area contributed by atoms with Gasteiger partial charge in [-0.25, -0.2) is 0 Å². The number of carbonyl (C=O) groups excluding carboxylic acids is 1. The van der Waals surface area contributed by atoms with Gasteiger partial charge in [-0.1, -0.05) is 30.0 Å². The third kappa shape index (κ3) is 3.10. The van der Waals surface area contributed by atoms with Crippen molar-refractivity contribution < 1.29 is 19.5 Å². The number of ketones is 1. The minimum absolute atomic E-state index is 0.0433. The average Bonchev–Trinajstić information content (AvgIpc) is 3.23. The Bertz CT molecular complexity index is 1170. The smallest absolute Gasteiger partial charge is 0.231 e. The van der Waals surface area contributed by atoms with Crippen LogP contribution in [-0.4, -0.2) is 22.9 Å². The van der Waals surface area contributed by atoms with E-state index in [1.54, 1.807) is 12.1 Å². The molecule has 2 aliphatic heterocycles. The molecule has 5 heteroatoms. The fourth-order valence-corrected chi connectivity index (χ4v) is 4.83. The first-order valence-corrected chi connectivity index (χ1v) is 10.7. The lowest BCUT2D eigenvalue weighted by atomic mass is 10.0. The monoisotopic (exact) mass is 402 g/mol. The van der Waals surface area contributed by atoms with Crippen LogP contribution in [0.2, 0.25) is 0 Å². The molecule has 2 unspecified atom stereocenters. The highest BCUT2D eigenvalue weighted by molar-refractivity contribution is 6.15. The molecule has 1 saturated heterocycles. The Morgan fingerprint density at radius 2 is 2.07 bits per heavy atom. The number of nitrogens with zero attached hydrogens (tertiary/aromatic N) is 1. The van der Waals surface area contributed by atoms with Crippen molar-refractivity contribution in [3.8, 4) is 11.5 Å². The van der Waals surface area contributed by atoms with Gasteiger partial charge in [0.2, 0.25) is 5.78 Å². The van der Waals surface area contributed by atoms with Crippen molar-refractivity contribution in [1.29, 1.82) is 0 Å². The number of fused-ring (bicyclic) bond motifs is 2. The molecular formula is C25H26N2O3. The second kappa shape index (κ2) is 7.33. The maximum Gasteiger partial charge on any atom is 0.231 e. The summed E-state index contributed by atoms with van der Waals surface area (Å²) in [6.45, 7) is 3.90. The fourth-order valence-electron chi connectivity index (χ4n) is 4.83. The molecule has 1 fully saturated rings. The van der Waals surface area contributed by atoms with Crippen molar-refractivity contribution in [2.75, 3.05) is 6.54 Å². The van der Waals surface area contributed by atoms with Crippen LogP contribution < -0.4 is 14.7 Å². The fraction of sp³-hybridized carbons (Fsp3) is 0.320. The van der Waals surface area contributed by atoms with Crippen molar-refractivity contribution in [2.24, 2.45) is 7.05 Å². The lowest BCUT2D eigenvalue weighted by Gasteiger charge is -2.31. The number of aryl methyl sites for hydroxylation is 1. The summed E-state index contributed by atoms with van der Waals surface area (Å²) in [7, 11) is 1.99. The highest BCUT2D eigenvalue weighted by atomic mass is 16.5. The number of piperidine rings is 1. The molecule has 30 heavy (non-hydrogen) atoms. The van der Waals surface area contributed by atoms with Crippen LogP contribution in [0.25, 0.3) is 17.0 Å². The molecule has 0 bridgehead atoms. The van der Waals surface area contributed by atoms with Gasteiger partial charge in [-0.3, -0.25) is 4.79 Å². The normalized spacial score (nSPS) is 22.5. The molecule has 3 aromatic rings. The van der Waals surface area contributed by atoms with Crippen LogP contribution in [0.3, 0.4) is 0 Å². The highest BCUT2D eigenvalue weighted by Gasteiger charge is 2.32. The summed E-state index contributed by atoms with van der Waals surface area (Å²) in [6, 6.07) is 11.7. The second-order valence-corrected chi connectivity index (χ2v) is 8.55. The Balaban J connectivity index is 1.52. The van der Waals surface area contributed by atoms with Gasteiger partial charge in [-0.05, 0) is 44.4 Å². The number of aromatic nitrogens is 1. The largest absolute Gasteiger partial charge is 0.872 e. The van der Waals surface area contributed by atoms with E-state index >= 15 is 0 Å². The van der Waals surface area contributed by atoms with Gasteiger partial charge in [-0.2, -0.15) is 0 Å². The van der Waals surface area contributed by atoms with Crippen LogP contribution in [0.5, 0.6) is 11.5 Å². The van der Waals surface area contributed by atoms with Crippen LogP contribution in [0.15, 0.2) is 48.4 Å². The zero-order valence-electron chi connectivity index (χ0n) is 17.4. The Kier molecular flexibility index (Phi) is 4.63. The van der Waals surface area contributed by atoms with E-state index in [1.165, 1.54) is 30.2 Å². The molecule has 0 radical (unpaired) electrons. The van der Waals surface area contributed by atoms with E-state index in [4.69, 9.17) is 4.74 Å². The second-order valence-electron chi connectivity index (χ2n) is 8.55. The van der Waals surface area contributed by atoms with Crippen molar-refractivity contribution >= 4 is 22.8 Å². The third-order valence-corrected chi connectivity index (χ3v) is 6.60. The van der Waals surface area contributed by atoms with Gasteiger partial charge < -0.3 is 19.3 Å². The van der Waals surface area contributed by atoms with E-state index in [2.05, 4.69) is 6.92 Å². The number of hydrogen-bond donors (Lipinski definition) is 1. The number of allylic oxidation sites excluding steroid dienone is 1.